The maximum atomic E-state index is 12.9. The van der Waals surface area contributed by atoms with Gasteiger partial charge in [-0.2, -0.15) is 0 Å². The summed E-state index contributed by atoms with van der Waals surface area (Å²) in [5, 5.41) is 11.0. The third-order valence-corrected chi connectivity index (χ3v) is 6.31. The van der Waals surface area contributed by atoms with E-state index in [1.807, 2.05) is 30.3 Å². The number of aliphatic hydroxyl groups excluding tert-OH is 1. The SMILES string of the molecule is C=CCC1OC(CC(COC(=O)c2ccccc2)OC(=O)c2ccccc2)[C@H](OCc2ccccc2)[C@H]1O. The zero-order chi connectivity index (χ0) is 26.7. The van der Waals surface area contributed by atoms with Gasteiger partial charge in [-0.25, -0.2) is 9.59 Å². The molecule has 1 saturated heterocycles. The van der Waals surface area contributed by atoms with Crippen molar-refractivity contribution in [3.05, 3.63) is 120 Å². The molecule has 1 aliphatic rings. The van der Waals surface area contributed by atoms with Gasteiger partial charge in [-0.05, 0) is 36.2 Å². The number of aliphatic hydroxyl groups is 1. The molecule has 3 aromatic carbocycles. The average molecular weight is 517 g/mol. The van der Waals surface area contributed by atoms with E-state index in [-0.39, 0.29) is 19.6 Å². The molecule has 3 unspecified atom stereocenters. The molecule has 0 radical (unpaired) electrons. The lowest BCUT2D eigenvalue weighted by atomic mass is 10.0. The Hall–Kier alpha value is -3.78. The lowest BCUT2D eigenvalue weighted by Crippen LogP contribution is -2.38. The maximum absolute atomic E-state index is 12.9. The molecule has 198 valence electrons. The number of carbonyl (C=O) groups is 2. The molecule has 0 aromatic heterocycles. The van der Waals surface area contributed by atoms with Crippen molar-refractivity contribution >= 4 is 11.9 Å². The van der Waals surface area contributed by atoms with Crippen molar-refractivity contribution in [3.8, 4) is 0 Å². The topological polar surface area (TPSA) is 91.3 Å². The molecule has 7 nitrogen and oxygen atoms in total. The quantitative estimate of drug-likeness (QED) is 0.274. The molecule has 1 heterocycles. The van der Waals surface area contributed by atoms with Crippen molar-refractivity contribution < 1.29 is 33.6 Å². The van der Waals surface area contributed by atoms with Crippen LogP contribution in [0.3, 0.4) is 0 Å². The van der Waals surface area contributed by atoms with Gasteiger partial charge in [0.25, 0.3) is 0 Å². The first kappa shape index (κ1) is 27.3. The van der Waals surface area contributed by atoms with Gasteiger partial charge in [0.2, 0.25) is 0 Å². The van der Waals surface area contributed by atoms with Crippen molar-refractivity contribution in [2.75, 3.05) is 6.61 Å². The fraction of sp³-hybridized carbons (Fsp3) is 0.290. The van der Waals surface area contributed by atoms with Crippen LogP contribution >= 0.6 is 0 Å². The molecular formula is C31H32O7. The van der Waals surface area contributed by atoms with E-state index in [1.54, 1.807) is 66.7 Å². The normalized spacial score (nSPS) is 21.4. The van der Waals surface area contributed by atoms with E-state index in [0.29, 0.717) is 17.5 Å². The van der Waals surface area contributed by atoms with Crippen LogP contribution in [0.1, 0.15) is 39.1 Å². The number of hydrogen-bond donors (Lipinski definition) is 1. The molecule has 38 heavy (non-hydrogen) atoms. The van der Waals surface area contributed by atoms with Crippen LogP contribution in [0.15, 0.2) is 104 Å². The number of hydrogen-bond acceptors (Lipinski definition) is 7. The molecule has 0 saturated carbocycles. The molecule has 0 bridgehead atoms. The zero-order valence-electron chi connectivity index (χ0n) is 21.1. The van der Waals surface area contributed by atoms with Gasteiger partial charge in [-0.15, -0.1) is 6.58 Å². The van der Waals surface area contributed by atoms with Crippen LogP contribution < -0.4 is 0 Å². The van der Waals surface area contributed by atoms with Gasteiger partial charge < -0.3 is 24.1 Å². The third-order valence-electron chi connectivity index (χ3n) is 6.31. The van der Waals surface area contributed by atoms with Crippen molar-refractivity contribution in [2.24, 2.45) is 0 Å². The number of carbonyl (C=O) groups excluding carboxylic acids is 2. The largest absolute Gasteiger partial charge is 0.458 e. The number of benzene rings is 3. The Balaban J connectivity index is 1.49. The molecule has 1 N–H and O–H groups in total. The zero-order valence-corrected chi connectivity index (χ0v) is 21.1. The number of esters is 2. The molecule has 0 aliphatic carbocycles. The fourth-order valence-corrected chi connectivity index (χ4v) is 4.36. The smallest absolute Gasteiger partial charge is 0.338 e. The summed E-state index contributed by atoms with van der Waals surface area (Å²) in [6.07, 6.45) is -1.28. The lowest BCUT2D eigenvalue weighted by molar-refractivity contribution is -0.0690. The van der Waals surface area contributed by atoms with Crippen molar-refractivity contribution in [3.63, 3.8) is 0 Å². The molecule has 4 rings (SSSR count). The Bertz CT molecular complexity index is 1170. The molecule has 7 heteroatoms. The summed E-state index contributed by atoms with van der Waals surface area (Å²) >= 11 is 0. The highest BCUT2D eigenvalue weighted by Gasteiger charge is 2.45. The Morgan fingerprint density at radius 3 is 2.05 bits per heavy atom. The molecule has 1 fully saturated rings. The highest BCUT2D eigenvalue weighted by atomic mass is 16.6. The maximum Gasteiger partial charge on any atom is 0.338 e. The van der Waals surface area contributed by atoms with Crippen LogP contribution in [0.2, 0.25) is 0 Å². The van der Waals surface area contributed by atoms with Crippen LogP contribution in [-0.2, 0) is 25.6 Å². The van der Waals surface area contributed by atoms with Gasteiger partial charge in [0, 0.05) is 6.42 Å². The summed E-state index contributed by atoms with van der Waals surface area (Å²) in [5.74, 6) is -1.07. The summed E-state index contributed by atoms with van der Waals surface area (Å²) in [4.78, 5) is 25.5. The Morgan fingerprint density at radius 1 is 0.868 bits per heavy atom. The van der Waals surface area contributed by atoms with E-state index < -0.39 is 42.5 Å². The molecule has 5 atom stereocenters. The lowest BCUT2D eigenvalue weighted by Gasteiger charge is -2.25. The van der Waals surface area contributed by atoms with Gasteiger partial charge in [-0.3, -0.25) is 0 Å². The second-order valence-electron chi connectivity index (χ2n) is 9.08. The fourth-order valence-electron chi connectivity index (χ4n) is 4.36. The Labute approximate surface area is 222 Å². The number of rotatable bonds is 12. The second kappa shape index (κ2) is 13.7. The van der Waals surface area contributed by atoms with Crippen molar-refractivity contribution in [1.82, 2.24) is 0 Å². The first-order valence-corrected chi connectivity index (χ1v) is 12.6. The van der Waals surface area contributed by atoms with Crippen molar-refractivity contribution in [2.45, 2.75) is 50.0 Å². The predicted molar refractivity (Wildman–Crippen MR) is 141 cm³/mol. The van der Waals surface area contributed by atoms with Crippen LogP contribution in [0.25, 0.3) is 0 Å². The average Bonchev–Trinajstić information content (AvgIpc) is 3.25. The van der Waals surface area contributed by atoms with Crippen LogP contribution in [0.5, 0.6) is 0 Å². The minimum Gasteiger partial charge on any atom is -0.458 e. The first-order chi connectivity index (χ1) is 18.5. The van der Waals surface area contributed by atoms with Gasteiger partial charge in [-0.1, -0.05) is 72.8 Å². The summed E-state index contributed by atoms with van der Waals surface area (Å²) in [5.41, 5.74) is 1.72. The van der Waals surface area contributed by atoms with E-state index in [4.69, 9.17) is 18.9 Å². The van der Waals surface area contributed by atoms with E-state index in [2.05, 4.69) is 6.58 Å². The highest BCUT2D eigenvalue weighted by Crippen LogP contribution is 2.31. The Kier molecular flexibility index (Phi) is 9.81. The summed E-state index contributed by atoms with van der Waals surface area (Å²) in [6.45, 7) is 3.85. The summed E-state index contributed by atoms with van der Waals surface area (Å²) < 4.78 is 23.5. The minimum absolute atomic E-state index is 0.158. The molecule has 1 aliphatic heterocycles. The third kappa shape index (κ3) is 7.38. The first-order valence-electron chi connectivity index (χ1n) is 12.6. The van der Waals surface area contributed by atoms with Gasteiger partial charge >= 0.3 is 11.9 Å². The van der Waals surface area contributed by atoms with Gasteiger partial charge in [0.1, 0.15) is 24.9 Å². The van der Waals surface area contributed by atoms with Gasteiger partial charge in [0.05, 0.1) is 29.9 Å². The van der Waals surface area contributed by atoms with E-state index in [9.17, 15) is 14.7 Å². The summed E-state index contributed by atoms with van der Waals surface area (Å²) in [7, 11) is 0. The van der Waals surface area contributed by atoms with Crippen LogP contribution in [0.4, 0.5) is 0 Å². The van der Waals surface area contributed by atoms with Crippen LogP contribution in [-0.4, -0.2) is 54.2 Å². The van der Waals surface area contributed by atoms with E-state index >= 15 is 0 Å². The van der Waals surface area contributed by atoms with Crippen LogP contribution in [0, 0.1) is 0 Å². The van der Waals surface area contributed by atoms with Gasteiger partial charge in [0.15, 0.2) is 0 Å². The molecule has 3 aromatic rings. The van der Waals surface area contributed by atoms with Crippen molar-refractivity contribution in [1.29, 1.82) is 0 Å². The Morgan fingerprint density at radius 2 is 1.45 bits per heavy atom. The van der Waals surface area contributed by atoms with E-state index in [1.165, 1.54) is 0 Å². The predicted octanol–water partition coefficient (Wildman–Crippen LogP) is 4.75. The summed E-state index contributed by atoms with van der Waals surface area (Å²) in [6, 6.07) is 26.8. The monoisotopic (exact) mass is 516 g/mol. The molecule has 0 amide bonds. The van der Waals surface area contributed by atoms with E-state index in [0.717, 1.165) is 5.56 Å². The minimum atomic E-state index is -0.904. The second-order valence-corrected chi connectivity index (χ2v) is 9.08. The standard InChI is InChI=1S/C31H32O7/c1-2-12-26-28(32)29(35-20-22-13-6-3-7-14-22)27(38-26)19-25(37-31(34)24-17-10-5-11-18-24)21-36-30(33)23-15-8-4-9-16-23/h2-11,13-18,25-29,32H,1,12,19-21H2/t25?,26?,27?,28-,29-/m0/s1. The molecule has 0 spiro atoms. The highest BCUT2D eigenvalue weighted by molar-refractivity contribution is 5.90. The number of ether oxygens (including phenoxy) is 4. The molecular weight excluding hydrogens is 484 g/mol.